The lowest BCUT2D eigenvalue weighted by Crippen LogP contribution is -2.54. The molecular weight excluding hydrogens is 440 g/mol. The van der Waals surface area contributed by atoms with E-state index in [9.17, 15) is 9.59 Å². The van der Waals surface area contributed by atoms with Gasteiger partial charge in [-0.2, -0.15) is 0 Å². The largest absolute Gasteiger partial charge is 0.340 e. The molecule has 5 rings (SSSR count). The summed E-state index contributed by atoms with van der Waals surface area (Å²) in [4.78, 5) is 27.2. The highest BCUT2D eigenvalue weighted by molar-refractivity contribution is 6.33. The number of hydrogen-bond donors (Lipinski definition) is 3. The number of amides is 3. The van der Waals surface area contributed by atoms with Gasteiger partial charge in [0.15, 0.2) is 0 Å². The van der Waals surface area contributed by atoms with E-state index >= 15 is 0 Å². The number of urea groups is 1. The molecule has 2 aromatic rings. The van der Waals surface area contributed by atoms with Crippen LogP contribution in [0.25, 0.3) is 0 Å². The Labute approximate surface area is 198 Å². The molecule has 0 bridgehead atoms. The Morgan fingerprint density at radius 2 is 1.91 bits per heavy atom. The Morgan fingerprint density at radius 1 is 1.09 bits per heavy atom. The fourth-order valence-corrected chi connectivity index (χ4v) is 4.87. The molecule has 3 amide bonds. The predicted octanol–water partition coefficient (Wildman–Crippen LogP) is 3.58. The van der Waals surface area contributed by atoms with Crippen molar-refractivity contribution in [1.82, 2.24) is 25.8 Å². The van der Waals surface area contributed by atoms with Gasteiger partial charge in [0.05, 0.1) is 22.8 Å². The van der Waals surface area contributed by atoms with Gasteiger partial charge in [-0.05, 0) is 61.6 Å². The highest BCUT2D eigenvalue weighted by Gasteiger charge is 2.48. The van der Waals surface area contributed by atoms with Crippen LogP contribution >= 0.6 is 11.6 Å². The zero-order valence-corrected chi connectivity index (χ0v) is 19.6. The van der Waals surface area contributed by atoms with Crippen molar-refractivity contribution in [1.29, 1.82) is 0 Å². The molecule has 3 atom stereocenters. The standard InChI is InChI=1S/C24H27ClN6O2/c1-14-4-7-19(18(25)10-14)26-22(32)13-31-24(33)29-8-9-30-21(23(29)28-31)12-20(27-30)17-6-5-15(2)16(3)11-17/h4-11,20-21,23,27-28H,12-13H2,1-3H3,(H,26,32). The molecular formula is C24H27ClN6O2. The van der Waals surface area contributed by atoms with E-state index in [0.29, 0.717) is 10.7 Å². The average Bonchev–Trinajstić information content (AvgIpc) is 3.34. The molecule has 3 aliphatic heterocycles. The Bertz CT molecular complexity index is 1150. The number of anilines is 1. The maximum atomic E-state index is 13.0. The van der Waals surface area contributed by atoms with Crippen LogP contribution in [0.3, 0.4) is 0 Å². The van der Waals surface area contributed by atoms with E-state index in [4.69, 9.17) is 11.6 Å². The highest BCUT2D eigenvalue weighted by atomic mass is 35.5. The Morgan fingerprint density at radius 3 is 2.67 bits per heavy atom. The van der Waals surface area contributed by atoms with Gasteiger partial charge in [0.25, 0.3) is 0 Å². The van der Waals surface area contributed by atoms with Gasteiger partial charge in [0.2, 0.25) is 5.91 Å². The molecule has 3 heterocycles. The Hall–Kier alpha value is -3.07. The van der Waals surface area contributed by atoms with Crippen LogP contribution in [-0.4, -0.2) is 45.6 Å². The number of fused-ring (bicyclic) bond motifs is 3. The van der Waals surface area contributed by atoms with Crippen LogP contribution in [-0.2, 0) is 4.79 Å². The first-order chi connectivity index (χ1) is 15.8. The van der Waals surface area contributed by atoms with Gasteiger partial charge in [-0.1, -0.05) is 35.9 Å². The summed E-state index contributed by atoms with van der Waals surface area (Å²) in [6.45, 7) is 6.04. The Kier molecular flexibility index (Phi) is 5.52. The molecule has 0 aromatic heterocycles. The molecule has 2 aromatic carbocycles. The van der Waals surface area contributed by atoms with Gasteiger partial charge < -0.3 is 10.3 Å². The number of aryl methyl sites for hydroxylation is 3. The lowest BCUT2D eigenvalue weighted by atomic mass is 9.97. The Balaban J connectivity index is 1.26. The SMILES string of the molecule is Cc1ccc(NC(=O)CN2NC3C4CC(c5ccc(C)c(C)c5)NN4C=CN3C2=O)c(Cl)c1. The van der Waals surface area contributed by atoms with Crippen LogP contribution in [0.2, 0.25) is 5.02 Å². The number of hydrazine groups is 2. The number of rotatable bonds is 4. The summed E-state index contributed by atoms with van der Waals surface area (Å²) >= 11 is 6.22. The van der Waals surface area contributed by atoms with Crippen LogP contribution in [0, 0.1) is 20.8 Å². The fraction of sp³-hybridized carbons (Fsp3) is 0.333. The third-order valence-electron chi connectivity index (χ3n) is 6.57. The lowest BCUT2D eigenvalue weighted by Gasteiger charge is -2.34. The first-order valence-corrected chi connectivity index (χ1v) is 11.4. The summed E-state index contributed by atoms with van der Waals surface area (Å²) in [7, 11) is 0. The summed E-state index contributed by atoms with van der Waals surface area (Å²) in [5, 5.41) is 6.67. The molecule has 0 radical (unpaired) electrons. The molecule has 33 heavy (non-hydrogen) atoms. The lowest BCUT2D eigenvalue weighted by molar-refractivity contribution is -0.117. The molecule has 2 saturated heterocycles. The number of carbonyl (C=O) groups excluding carboxylic acids is 2. The number of benzene rings is 2. The third-order valence-corrected chi connectivity index (χ3v) is 6.88. The highest BCUT2D eigenvalue weighted by Crippen LogP contribution is 2.35. The van der Waals surface area contributed by atoms with E-state index in [1.807, 2.05) is 19.2 Å². The van der Waals surface area contributed by atoms with Crippen molar-refractivity contribution >= 4 is 29.2 Å². The topological polar surface area (TPSA) is 80.0 Å². The normalized spacial score (nSPS) is 23.7. The molecule has 0 aliphatic carbocycles. The number of halogens is 1. The number of nitrogens with zero attached hydrogens (tertiary/aromatic N) is 3. The monoisotopic (exact) mass is 466 g/mol. The smallest absolute Gasteiger partial charge is 0.323 e. The van der Waals surface area contributed by atoms with Crippen LogP contribution in [0.4, 0.5) is 10.5 Å². The van der Waals surface area contributed by atoms with E-state index in [1.54, 1.807) is 23.2 Å². The maximum absolute atomic E-state index is 13.0. The molecule has 0 spiro atoms. The molecule has 8 nitrogen and oxygen atoms in total. The summed E-state index contributed by atoms with van der Waals surface area (Å²) in [6, 6.07) is 11.9. The van der Waals surface area contributed by atoms with Crippen molar-refractivity contribution in [2.75, 3.05) is 11.9 Å². The van der Waals surface area contributed by atoms with Crippen LogP contribution in [0.5, 0.6) is 0 Å². The van der Waals surface area contributed by atoms with Crippen molar-refractivity contribution in [2.24, 2.45) is 0 Å². The predicted molar refractivity (Wildman–Crippen MR) is 127 cm³/mol. The van der Waals surface area contributed by atoms with Crippen molar-refractivity contribution in [3.05, 3.63) is 76.1 Å². The van der Waals surface area contributed by atoms with Crippen molar-refractivity contribution in [2.45, 2.75) is 45.4 Å². The zero-order valence-electron chi connectivity index (χ0n) is 18.8. The van der Waals surface area contributed by atoms with Crippen molar-refractivity contribution in [3.63, 3.8) is 0 Å². The van der Waals surface area contributed by atoms with Gasteiger partial charge in [0, 0.05) is 12.4 Å². The minimum atomic E-state index is -0.320. The summed E-state index contributed by atoms with van der Waals surface area (Å²) in [6.07, 6.45) is 4.20. The van der Waals surface area contributed by atoms with E-state index in [-0.39, 0.29) is 36.7 Å². The number of nitrogens with one attached hydrogen (secondary N) is 3. The van der Waals surface area contributed by atoms with E-state index < -0.39 is 0 Å². The number of carbonyl (C=O) groups is 2. The van der Waals surface area contributed by atoms with Gasteiger partial charge in [-0.15, -0.1) is 0 Å². The molecule has 172 valence electrons. The van der Waals surface area contributed by atoms with Gasteiger partial charge in [-0.25, -0.2) is 20.7 Å². The third kappa shape index (κ3) is 4.06. The molecule has 0 saturated carbocycles. The fourth-order valence-electron chi connectivity index (χ4n) is 4.59. The first kappa shape index (κ1) is 21.8. The quantitative estimate of drug-likeness (QED) is 0.642. The van der Waals surface area contributed by atoms with E-state index in [1.165, 1.54) is 21.7 Å². The van der Waals surface area contributed by atoms with Crippen LogP contribution < -0.4 is 16.2 Å². The van der Waals surface area contributed by atoms with Crippen LogP contribution in [0.1, 0.15) is 34.7 Å². The summed E-state index contributed by atoms with van der Waals surface area (Å²) < 4.78 is 0. The summed E-state index contributed by atoms with van der Waals surface area (Å²) in [5.74, 6) is -0.320. The minimum absolute atomic E-state index is 0.0326. The molecule has 3 unspecified atom stereocenters. The van der Waals surface area contributed by atoms with Gasteiger partial charge >= 0.3 is 6.03 Å². The van der Waals surface area contributed by atoms with Crippen LogP contribution in [0.15, 0.2) is 48.8 Å². The molecule has 9 heteroatoms. The molecule has 3 aliphatic rings. The average molecular weight is 467 g/mol. The second kappa shape index (κ2) is 8.37. The maximum Gasteiger partial charge on any atom is 0.340 e. The first-order valence-electron chi connectivity index (χ1n) is 11.0. The minimum Gasteiger partial charge on any atom is -0.323 e. The second-order valence-electron chi connectivity index (χ2n) is 8.92. The summed E-state index contributed by atoms with van der Waals surface area (Å²) in [5.41, 5.74) is 12.1. The molecule has 3 N–H and O–H groups in total. The molecule has 2 fully saturated rings. The zero-order chi connectivity index (χ0) is 23.3. The second-order valence-corrected chi connectivity index (χ2v) is 9.32. The van der Waals surface area contributed by atoms with Crippen molar-refractivity contribution in [3.8, 4) is 0 Å². The van der Waals surface area contributed by atoms with E-state index in [2.05, 4.69) is 53.2 Å². The van der Waals surface area contributed by atoms with E-state index in [0.717, 1.165) is 12.0 Å². The number of hydrogen-bond acceptors (Lipinski definition) is 5. The van der Waals surface area contributed by atoms with Gasteiger partial charge in [0.1, 0.15) is 12.7 Å². The van der Waals surface area contributed by atoms with Crippen molar-refractivity contribution < 1.29 is 9.59 Å². The van der Waals surface area contributed by atoms with Gasteiger partial charge in [-0.3, -0.25) is 9.69 Å².